The molecule has 0 aliphatic heterocycles. The Morgan fingerprint density at radius 2 is 2.00 bits per heavy atom. The standard InChI is InChI=1S/C17H19BrFN3O2/c1-11-8-13(18)10-14(9-11)24-16(17(23-5)22-21-4)15(20-3)7-6-12(2)19/h6-10,16H,3-4H2,1-2,5H3/b12-6+,15-7-,22-17-. The van der Waals surface area contributed by atoms with E-state index < -0.39 is 6.10 Å². The summed E-state index contributed by atoms with van der Waals surface area (Å²) in [4.78, 5) is 3.89. The molecule has 0 aliphatic rings. The SMILES string of the molecule is C=N/N=C(\OC)C(Oc1cc(C)cc(Br)c1)/C(=C/C=C(\C)F)N=C. The molecular formula is C17H19BrFN3O2. The van der Waals surface area contributed by atoms with Crippen molar-refractivity contribution in [2.24, 2.45) is 15.2 Å². The fourth-order valence-corrected chi connectivity index (χ4v) is 2.42. The summed E-state index contributed by atoms with van der Waals surface area (Å²) >= 11 is 3.41. The third-order valence-electron chi connectivity index (χ3n) is 2.81. The summed E-state index contributed by atoms with van der Waals surface area (Å²) in [7, 11) is 1.42. The van der Waals surface area contributed by atoms with E-state index in [4.69, 9.17) is 9.47 Å². The zero-order valence-corrected chi connectivity index (χ0v) is 15.4. The van der Waals surface area contributed by atoms with Gasteiger partial charge in [0.15, 0.2) is 0 Å². The third-order valence-corrected chi connectivity index (χ3v) is 3.27. The lowest BCUT2D eigenvalue weighted by Crippen LogP contribution is -2.30. The van der Waals surface area contributed by atoms with Crippen molar-refractivity contribution in [3.8, 4) is 5.75 Å². The van der Waals surface area contributed by atoms with Crippen LogP contribution in [0.25, 0.3) is 0 Å². The van der Waals surface area contributed by atoms with Gasteiger partial charge in [-0.25, -0.2) is 4.39 Å². The Labute approximate surface area is 149 Å². The van der Waals surface area contributed by atoms with Gasteiger partial charge in [0, 0.05) is 11.2 Å². The average Bonchev–Trinajstić information content (AvgIpc) is 2.51. The third kappa shape index (κ3) is 6.08. The van der Waals surface area contributed by atoms with Crippen LogP contribution in [0.3, 0.4) is 0 Å². The van der Waals surface area contributed by atoms with Gasteiger partial charge in [0.1, 0.15) is 5.75 Å². The van der Waals surface area contributed by atoms with Crippen LogP contribution >= 0.6 is 15.9 Å². The molecule has 0 fully saturated rings. The monoisotopic (exact) mass is 395 g/mol. The number of allylic oxidation sites excluding steroid dienone is 3. The maximum atomic E-state index is 13.0. The first kappa shape index (κ1) is 19.8. The molecule has 1 atom stereocenters. The number of aliphatic imine (C=N–C) groups is 1. The number of ether oxygens (including phenoxy) is 2. The molecule has 7 heteroatoms. The molecule has 1 unspecified atom stereocenters. The molecule has 0 amide bonds. The Morgan fingerprint density at radius 3 is 2.50 bits per heavy atom. The Hall–Kier alpha value is -2.28. The molecule has 0 aromatic heterocycles. The molecule has 1 aromatic rings. The molecule has 0 saturated carbocycles. The van der Waals surface area contributed by atoms with Gasteiger partial charge in [-0.2, -0.15) is 5.10 Å². The first-order valence-corrected chi connectivity index (χ1v) is 7.72. The van der Waals surface area contributed by atoms with Crippen molar-refractivity contribution in [2.75, 3.05) is 7.11 Å². The molecule has 24 heavy (non-hydrogen) atoms. The maximum Gasteiger partial charge on any atom is 0.256 e. The molecular weight excluding hydrogens is 377 g/mol. The van der Waals surface area contributed by atoms with Gasteiger partial charge < -0.3 is 9.47 Å². The summed E-state index contributed by atoms with van der Waals surface area (Å²) in [6, 6.07) is 5.56. The van der Waals surface area contributed by atoms with E-state index in [1.165, 1.54) is 26.2 Å². The Morgan fingerprint density at radius 1 is 1.29 bits per heavy atom. The molecule has 0 radical (unpaired) electrons. The summed E-state index contributed by atoms with van der Waals surface area (Å²) in [6.07, 6.45) is 1.83. The number of aryl methyl sites for hydroxylation is 1. The van der Waals surface area contributed by atoms with E-state index in [0.717, 1.165) is 10.0 Å². The quantitative estimate of drug-likeness (QED) is 0.292. The van der Waals surface area contributed by atoms with Gasteiger partial charge in [-0.15, -0.1) is 5.10 Å². The molecule has 5 nitrogen and oxygen atoms in total. The normalized spacial score (nSPS) is 14.1. The summed E-state index contributed by atoms with van der Waals surface area (Å²) in [5, 5.41) is 7.27. The number of halogens is 2. The number of nitrogens with zero attached hydrogens (tertiary/aromatic N) is 3. The van der Waals surface area contributed by atoms with Crippen LogP contribution in [-0.2, 0) is 4.74 Å². The summed E-state index contributed by atoms with van der Waals surface area (Å²) < 4.78 is 25.0. The number of hydrogen-bond acceptors (Lipinski definition) is 5. The lowest BCUT2D eigenvalue weighted by atomic mass is 10.2. The lowest BCUT2D eigenvalue weighted by Gasteiger charge is -2.20. The molecule has 0 heterocycles. The molecule has 128 valence electrons. The molecule has 1 rings (SSSR count). The number of rotatable bonds is 7. The summed E-state index contributed by atoms with van der Waals surface area (Å²) in [6.45, 7) is 10.1. The van der Waals surface area contributed by atoms with Gasteiger partial charge >= 0.3 is 0 Å². The summed E-state index contributed by atoms with van der Waals surface area (Å²) in [5.41, 5.74) is 1.31. The minimum atomic E-state index is -0.859. The second kappa shape index (κ2) is 9.77. The highest BCUT2D eigenvalue weighted by molar-refractivity contribution is 9.10. The maximum absolute atomic E-state index is 13.0. The van der Waals surface area contributed by atoms with Gasteiger partial charge in [-0.05, 0) is 56.5 Å². The second-order valence-corrected chi connectivity index (χ2v) is 5.66. The van der Waals surface area contributed by atoms with Crippen molar-refractivity contribution >= 4 is 35.3 Å². The minimum absolute atomic E-state index is 0.117. The van der Waals surface area contributed by atoms with Crippen LogP contribution in [0, 0.1) is 6.92 Å². The Kier molecular flexibility index (Phi) is 8.05. The second-order valence-electron chi connectivity index (χ2n) is 4.75. The van der Waals surface area contributed by atoms with E-state index in [1.54, 1.807) is 6.07 Å². The first-order chi connectivity index (χ1) is 11.4. The van der Waals surface area contributed by atoms with Gasteiger partial charge in [0.25, 0.3) is 5.90 Å². The van der Waals surface area contributed by atoms with Crippen molar-refractivity contribution < 1.29 is 13.9 Å². The number of benzene rings is 1. The van der Waals surface area contributed by atoms with Crippen LogP contribution in [0.1, 0.15) is 12.5 Å². The molecule has 0 aliphatic carbocycles. The lowest BCUT2D eigenvalue weighted by molar-refractivity contribution is 0.251. The molecule has 0 bridgehead atoms. The Bertz CT molecular complexity index is 675. The van der Waals surface area contributed by atoms with Gasteiger partial charge in [0.05, 0.1) is 18.6 Å². The minimum Gasteiger partial charge on any atom is -0.480 e. The molecule has 0 saturated heterocycles. The van der Waals surface area contributed by atoms with Crippen LogP contribution in [0.4, 0.5) is 4.39 Å². The van der Waals surface area contributed by atoms with Crippen LogP contribution in [0.15, 0.2) is 61.5 Å². The van der Waals surface area contributed by atoms with Crippen molar-refractivity contribution in [2.45, 2.75) is 20.0 Å². The zero-order chi connectivity index (χ0) is 18.1. The van der Waals surface area contributed by atoms with E-state index in [2.05, 4.69) is 44.6 Å². The predicted octanol–water partition coefficient (Wildman–Crippen LogP) is 4.62. The largest absolute Gasteiger partial charge is 0.480 e. The van der Waals surface area contributed by atoms with E-state index >= 15 is 0 Å². The average molecular weight is 396 g/mol. The predicted molar refractivity (Wildman–Crippen MR) is 99.8 cm³/mol. The van der Waals surface area contributed by atoms with E-state index in [0.29, 0.717) is 11.4 Å². The number of methoxy groups -OCH3 is 1. The zero-order valence-electron chi connectivity index (χ0n) is 13.8. The topological polar surface area (TPSA) is 55.5 Å². The molecule has 0 N–H and O–H groups in total. The Balaban J connectivity index is 3.34. The number of hydrogen-bond donors (Lipinski definition) is 0. The first-order valence-electron chi connectivity index (χ1n) is 6.93. The van der Waals surface area contributed by atoms with Crippen molar-refractivity contribution in [1.29, 1.82) is 0 Å². The fraction of sp³-hybridized carbons (Fsp3) is 0.235. The van der Waals surface area contributed by atoms with Crippen LogP contribution in [0.5, 0.6) is 5.75 Å². The van der Waals surface area contributed by atoms with Crippen LogP contribution in [0.2, 0.25) is 0 Å². The smallest absolute Gasteiger partial charge is 0.256 e. The summed E-state index contributed by atoms with van der Waals surface area (Å²) in [5.74, 6) is 0.285. The van der Waals surface area contributed by atoms with E-state index in [1.807, 2.05) is 19.1 Å². The van der Waals surface area contributed by atoms with Crippen LogP contribution in [-0.4, -0.2) is 32.5 Å². The van der Waals surface area contributed by atoms with E-state index in [-0.39, 0.29) is 11.7 Å². The van der Waals surface area contributed by atoms with Crippen molar-refractivity contribution in [1.82, 2.24) is 0 Å². The van der Waals surface area contributed by atoms with Crippen molar-refractivity contribution in [3.63, 3.8) is 0 Å². The molecule has 1 aromatic carbocycles. The van der Waals surface area contributed by atoms with Crippen LogP contribution < -0.4 is 4.74 Å². The highest BCUT2D eigenvalue weighted by Gasteiger charge is 2.24. The highest BCUT2D eigenvalue weighted by atomic mass is 79.9. The molecule has 0 spiro atoms. The fourth-order valence-electron chi connectivity index (χ4n) is 1.84. The van der Waals surface area contributed by atoms with Gasteiger partial charge in [-0.1, -0.05) is 15.9 Å². The van der Waals surface area contributed by atoms with Crippen molar-refractivity contribution in [3.05, 3.63) is 51.9 Å². The van der Waals surface area contributed by atoms with Gasteiger partial charge in [-0.3, -0.25) is 4.99 Å². The highest BCUT2D eigenvalue weighted by Crippen LogP contribution is 2.24. The van der Waals surface area contributed by atoms with E-state index in [9.17, 15) is 4.39 Å². The van der Waals surface area contributed by atoms with Gasteiger partial charge in [0.2, 0.25) is 6.10 Å².